The number of benzene rings is 3. The maximum Gasteiger partial charge on any atom is 0.410 e. The molecule has 0 spiro atoms. The number of hydrogen-bond donors (Lipinski definition) is 0. The molecular weight excluding hydrogens is 486 g/mol. The van der Waals surface area contributed by atoms with E-state index in [2.05, 4.69) is 24.3 Å². The van der Waals surface area contributed by atoms with Crippen molar-refractivity contribution in [2.45, 2.75) is 75.9 Å². The van der Waals surface area contributed by atoms with Gasteiger partial charge in [-0.3, -0.25) is 4.90 Å². The number of esters is 1. The molecule has 1 atom stereocenters. The molecule has 5 heteroatoms. The Morgan fingerprint density at radius 3 is 2.00 bits per heavy atom. The largest absolute Gasteiger partial charge is 0.461 e. The summed E-state index contributed by atoms with van der Waals surface area (Å²) in [7, 11) is 1.66. The Balaban J connectivity index is 1.27. The lowest BCUT2D eigenvalue weighted by atomic mass is 9.98. The lowest BCUT2D eigenvalue weighted by Crippen LogP contribution is -2.45. The Labute approximate surface area is 232 Å². The van der Waals surface area contributed by atoms with Gasteiger partial charge in [0.25, 0.3) is 0 Å². The number of amides is 1. The SMILES string of the molecule is CN(C(=O)OCC1c2ccccc2-c2ccccc21)[C@@H](CCc1ccccc1)C(=O)OC1CCCCCCC1. The number of fused-ring (bicyclic) bond motifs is 3. The molecule has 3 aromatic rings. The van der Waals surface area contributed by atoms with Crippen LogP contribution < -0.4 is 0 Å². The van der Waals surface area contributed by atoms with Crippen molar-refractivity contribution in [2.75, 3.05) is 13.7 Å². The van der Waals surface area contributed by atoms with Crippen LogP contribution in [0, 0.1) is 0 Å². The summed E-state index contributed by atoms with van der Waals surface area (Å²) in [5.74, 6) is -0.355. The highest BCUT2D eigenvalue weighted by Gasteiger charge is 2.33. The fourth-order valence-electron chi connectivity index (χ4n) is 6.02. The first-order valence-electron chi connectivity index (χ1n) is 14.4. The van der Waals surface area contributed by atoms with E-state index in [1.807, 2.05) is 54.6 Å². The zero-order chi connectivity index (χ0) is 27.0. The smallest absolute Gasteiger partial charge is 0.410 e. The highest BCUT2D eigenvalue weighted by Crippen LogP contribution is 2.44. The molecule has 0 bridgehead atoms. The topological polar surface area (TPSA) is 55.8 Å². The number of likely N-dealkylation sites (N-methyl/N-ethyl adjacent to an activating group) is 1. The summed E-state index contributed by atoms with van der Waals surface area (Å²) in [6.45, 7) is 0.222. The van der Waals surface area contributed by atoms with Crippen LogP contribution in [0.5, 0.6) is 0 Å². The summed E-state index contributed by atoms with van der Waals surface area (Å²) in [5, 5.41) is 0. The predicted molar refractivity (Wildman–Crippen MR) is 154 cm³/mol. The molecule has 0 saturated heterocycles. The van der Waals surface area contributed by atoms with Gasteiger partial charge >= 0.3 is 12.1 Å². The minimum absolute atomic E-state index is 0.0283. The van der Waals surface area contributed by atoms with Gasteiger partial charge in [-0.15, -0.1) is 0 Å². The number of carbonyl (C=O) groups excluding carboxylic acids is 2. The molecule has 0 aromatic heterocycles. The maximum absolute atomic E-state index is 13.5. The number of rotatable bonds is 8. The van der Waals surface area contributed by atoms with Gasteiger partial charge < -0.3 is 9.47 Å². The highest BCUT2D eigenvalue weighted by molar-refractivity contribution is 5.82. The zero-order valence-corrected chi connectivity index (χ0v) is 22.9. The summed E-state index contributed by atoms with van der Waals surface area (Å²) in [6, 6.07) is 25.9. The summed E-state index contributed by atoms with van der Waals surface area (Å²) in [4.78, 5) is 28.3. The number of ether oxygens (including phenoxy) is 2. The molecular formula is C34H39NO4. The fourth-order valence-corrected chi connectivity index (χ4v) is 6.02. The predicted octanol–water partition coefficient (Wildman–Crippen LogP) is 7.52. The zero-order valence-electron chi connectivity index (χ0n) is 22.9. The number of carbonyl (C=O) groups is 2. The molecule has 1 fully saturated rings. The summed E-state index contributed by atoms with van der Waals surface area (Å²) >= 11 is 0. The normalized spacial score (nSPS) is 16.3. The van der Waals surface area contributed by atoms with E-state index in [1.54, 1.807) is 7.05 Å². The van der Waals surface area contributed by atoms with Crippen molar-refractivity contribution in [2.24, 2.45) is 0 Å². The van der Waals surface area contributed by atoms with Gasteiger partial charge in [0.1, 0.15) is 18.8 Å². The van der Waals surface area contributed by atoms with Crippen molar-refractivity contribution < 1.29 is 19.1 Å². The molecule has 2 aliphatic rings. The molecule has 1 amide bonds. The van der Waals surface area contributed by atoms with E-state index in [1.165, 1.54) is 46.4 Å². The second kappa shape index (κ2) is 13.0. The van der Waals surface area contributed by atoms with E-state index in [-0.39, 0.29) is 24.6 Å². The molecule has 3 aromatic carbocycles. The van der Waals surface area contributed by atoms with E-state index < -0.39 is 12.1 Å². The van der Waals surface area contributed by atoms with Crippen LogP contribution in [0.2, 0.25) is 0 Å². The van der Waals surface area contributed by atoms with Gasteiger partial charge in [0, 0.05) is 13.0 Å². The first kappa shape index (κ1) is 27.0. The fraction of sp³-hybridized carbons (Fsp3) is 0.412. The lowest BCUT2D eigenvalue weighted by Gasteiger charge is -2.29. The third kappa shape index (κ3) is 6.52. The molecule has 204 valence electrons. The van der Waals surface area contributed by atoms with Gasteiger partial charge in [0.15, 0.2) is 0 Å². The van der Waals surface area contributed by atoms with Crippen LogP contribution in [-0.2, 0) is 20.7 Å². The second-order valence-corrected chi connectivity index (χ2v) is 10.9. The van der Waals surface area contributed by atoms with Crippen molar-refractivity contribution in [3.05, 3.63) is 95.6 Å². The van der Waals surface area contributed by atoms with Crippen molar-refractivity contribution >= 4 is 12.1 Å². The van der Waals surface area contributed by atoms with E-state index in [0.29, 0.717) is 12.8 Å². The summed E-state index contributed by atoms with van der Waals surface area (Å²) < 4.78 is 11.9. The van der Waals surface area contributed by atoms with Crippen LogP contribution in [0.15, 0.2) is 78.9 Å². The molecule has 0 heterocycles. The van der Waals surface area contributed by atoms with Gasteiger partial charge in [-0.1, -0.05) is 98.1 Å². The Morgan fingerprint density at radius 2 is 1.36 bits per heavy atom. The van der Waals surface area contributed by atoms with Crippen LogP contribution >= 0.6 is 0 Å². The average molecular weight is 526 g/mol. The van der Waals surface area contributed by atoms with Gasteiger partial charge in [-0.05, 0) is 66.3 Å². The number of aryl methyl sites for hydroxylation is 1. The number of hydrogen-bond acceptors (Lipinski definition) is 4. The number of nitrogens with zero attached hydrogens (tertiary/aromatic N) is 1. The third-order valence-electron chi connectivity index (χ3n) is 8.25. The van der Waals surface area contributed by atoms with Gasteiger partial charge in [-0.2, -0.15) is 0 Å². The van der Waals surface area contributed by atoms with Gasteiger partial charge in [0.2, 0.25) is 0 Å². The quantitative estimate of drug-likeness (QED) is 0.285. The molecule has 5 nitrogen and oxygen atoms in total. The Bertz CT molecular complexity index is 1200. The third-order valence-corrected chi connectivity index (χ3v) is 8.25. The van der Waals surface area contributed by atoms with E-state index in [0.717, 1.165) is 31.2 Å². The Kier molecular flexibility index (Phi) is 8.97. The Hall–Kier alpha value is -3.60. The van der Waals surface area contributed by atoms with Crippen molar-refractivity contribution in [3.8, 4) is 11.1 Å². The summed E-state index contributed by atoms with van der Waals surface area (Å²) in [5.41, 5.74) is 5.83. The molecule has 2 aliphatic carbocycles. The summed E-state index contributed by atoms with van der Waals surface area (Å²) in [6.07, 6.45) is 8.16. The maximum atomic E-state index is 13.5. The second-order valence-electron chi connectivity index (χ2n) is 10.9. The molecule has 0 unspecified atom stereocenters. The minimum atomic E-state index is -0.703. The highest BCUT2D eigenvalue weighted by atomic mass is 16.6. The molecule has 39 heavy (non-hydrogen) atoms. The van der Waals surface area contributed by atoms with E-state index in [9.17, 15) is 9.59 Å². The monoisotopic (exact) mass is 525 g/mol. The van der Waals surface area contributed by atoms with Gasteiger partial charge in [0.05, 0.1) is 0 Å². The molecule has 0 N–H and O–H groups in total. The van der Waals surface area contributed by atoms with Crippen LogP contribution in [0.25, 0.3) is 11.1 Å². The molecule has 0 radical (unpaired) electrons. The van der Waals surface area contributed by atoms with Crippen molar-refractivity contribution in [1.82, 2.24) is 4.90 Å². The van der Waals surface area contributed by atoms with Crippen LogP contribution in [-0.4, -0.2) is 42.8 Å². The molecule has 0 aliphatic heterocycles. The standard InChI is InChI=1S/C34H39NO4/c1-35(34(37)38-24-31-29-20-12-10-18-27(29)28-19-11-13-21-30(28)31)32(23-22-25-14-6-5-7-15-25)33(36)39-26-16-8-3-2-4-9-17-26/h5-7,10-15,18-21,26,31-32H,2-4,8-9,16-17,22-24H2,1H3/t32-/m0/s1. The van der Waals surface area contributed by atoms with Crippen molar-refractivity contribution in [1.29, 1.82) is 0 Å². The average Bonchev–Trinajstić information content (AvgIpc) is 3.27. The molecule has 1 saturated carbocycles. The van der Waals surface area contributed by atoms with Gasteiger partial charge in [-0.25, -0.2) is 9.59 Å². The Morgan fingerprint density at radius 1 is 0.795 bits per heavy atom. The first-order valence-corrected chi connectivity index (χ1v) is 14.4. The van der Waals surface area contributed by atoms with Crippen LogP contribution in [0.3, 0.4) is 0 Å². The minimum Gasteiger partial charge on any atom is -0.461 e. The first-order chi connectivity index (χ1) is 19.1. The lowest BCUT2D eigenvalue weighted by molar-refractivity contribution is -0.155. The van der Waals surface area contributed by atoms with Crippen molar-refractivity contribution in [3.63, 3.8) is 0 Å². The van der Waals surface area contributed by atoms with E-state index >= 15 is 0 Å². The van der Waals surface area contributed by atoms with Crippen LogP contribution in [0.1, 0.15) is 74.0 Å². The van der Waals surface area contributed by atoms with Crippen LogP contribution in [0.4, 0.5) is 4.79 Å². The molecule has 5 rings (SSSR count). The van der Waals surface area contributed by atoms with E-state index in [4.69, 9.17) is 9.47 Å².